The SMILES string of the molecule is CC(C)c1ccc(C(C)NC(=O)CC2CCCN2)cc1.Cl. The van der Waals surface area contributed by atoms with E-state index in [1.54, 1.807) is 0 Å². The van der Waals surface area contributed by atoms with Crippen molar-refractivity contribution in [2.45, 2.75) is 58.0 Å². The number of rotatable bonds is 5. The Labute approximate surface area is 134 Å². The van der Waals surface area contributed by atoms with Gasteiger partial charge in [0.15, 0.2) is 0 Å². The van der Waals surface area contributed by atoms with Crippen molar-refractivity contribution < 1.29 is 4.79 Å². The first-order chi connectivity index (χ1) is 9.56. The lowest BCUT2D eigenvalue weighted by Gasteiger charge is -2.17. The molecule has 1 fully saturated rings. The van der Waals surface area contributed by atoms with Gasteiger partial charge in [-0.05, 0) is 43.4 Å². The van der Waals surface area contributed by atoms with E-state index in [0.717, 1.165) is 13.0 Å². The van der Waals surface area contributed by atoms with Crippen LogP contribution in [0.1, 0.15) is 63.1 Å². The summed E-state index contributed by atoms with van der Waals surface area (Å²) in [6.07, 6.45) is 2.89. The number of amides is 1. The minimum Gasteiger partial charge on any atom is -0.350 e. The van der Waals surface area contributed by atoms with Crippen LogP contribution in [0, 0.1) is 0 Å². The Balaban J connectivity index is 0.00000220. The second-order valence-corrected chi connectivity index (χ2v) is 6.11. The van der Waals surface area contributed by atoms with E-state index in [4.69, 9.17) is 0 Å². The van der Waals surface area contributed by atoms with E-state index in [1.807, 2.05) is 6.92 Å². The summed E-state index contributed by atoms with van der Waals surface area (Å²) >= 11 is 0. The molecule has 0 aliphatic carbocycles. The van der Waals surface area contributed by atoms with Gasteiger partial charge in [0.05, 0.1) is 6.04 Å². The van der Waals surface area contributed by atoms with Crippen molar-refractivity contribution in [2.24, 2.45) is 0 Å². The normalized spacial score (nSPS) is 19.1. The zero-order valence-electron chi connectivity index (χ0n) is 13.2. The van der Waals surface area contributed by atoms with Gasteiger partial charge in [-0.15, -0.1) is 12.4 Å². The van der Waals surface area contributed by atoms with Gasteiger partial charge in [-0.2, -0.15) is 0 Å². The van der Waals surface area contributed by atoms with Crippen LogP contribution >= 0.6 is 12.4 Å². The van der Waals surface area contributed by atoms with Crippen molar-refractivity contribution in [3.8, 4) is 0 Å². The lowest BCUT2D eigenvalue weighted by Crippen LogP contribution is -2.33. The molecule has 1 saturated heterocycles. The first-order valence-electron chi connectivity index (χ1n) is 7.69. The van der Waals surface area contributed by atoms with Crippen LogP contribution < -0.4 is 10.6 Å². The highest BCUT2D eigenvalue weighted by Crippen LogP contribution is 2.19. The van der Waals surface area contributed by atoms with Crippen molar-refractivity contribution in [3.63, 3.8) is 0 Å². The molecule has 2 unspecified atom stereocenters. The Morgan fingerprint density at radius 1 is 1.24 bits per heavy atom. The summed E-state index contributed by atoms with van der Waals surface area (Å²) in [7, 11) is 0. The van der Waals surface area contributed by atoms with Gasteiger partial charge in [-0.1, -0.05) is 38.1 Å². The lowest BCUT2D eigenvalue weighted by molar-refractivity contribution is -0.122. The first-order valence-corrected chi connectivity index (χ1v) is 7.69. The average Bonchev–Trinajstić information content (AvgIpc) is 2.91. The van der Waals surface area contributed by atoms with Gasteiger partial charge in [-0.25, -0.2) is 0 Å². The molecule has 21 heavy (non-hydrogen) atoms. The Morgan fingerprint density at radius 2 is 1.86 bits per heavy atom. The van der Waals surface area contributed by atoms with E-state index in [-0.39, 0.29) is 24.4 Å². The molecular weight excluding hydrogens is 284 g/mol. The highest BCUT2D eigenvalue weighted by molar-refractivity contribution is 5.85. The highest BCUT2D eigenvalue weighted by Gasteiger charge is 2.18. The van der Waals surface area contributed by atoms with Gasteiger partial charge in [0, 0.05) is 12.5 Å². The summed E-state index contributed by atoms with van der Waals surface area (Å²) in [5.74, 6) is 0.687. The second kappa shape index (κ2) is 8.40. The van der Waals surface area contributed by atoms with Gasteiger partial charge in [-0.3, -0.25) is 4.79 Å². The van der Waals surface area contributed by atoms with Crippen LogP contribution in [0.2, 0.25) is 0 Å². The number of carbonyl (C=O) groups is 1. The van der Waals surface area contributed by atoms with Gasteiger partial charge >= 0.3 is 0 Å². The van der Waals surface area contributed by atoms with E-state index in [1.165, 1.54) is 17.5 Å². The molecule has 0 bridgehead atoms. The molecule has 2 N–H and O–H groups in total. The Morgan fingerprint density at radius 3 is 2.38 bits per heavy atom. The largest absolute Gasteiger partial charge is 0.350 e. The fourth-order valence-electron chi connectivity index (χ4n) is 2.71. The molecule has 118 valence electrons. The van der Waals surface area contributed by atoms with Crippen LogP contribution in [-0.2, 0) is 4.79 Å². The molecule has 0 aromatic heterocycles. The number of hydrogen-bond acceptors (Lipinski definition) is 2. The molecule has 0 radical (unpaired) electrons. The molecule has 2 rings (SSSR count). The van der Waals surface area contributed by atoms with E-state index in [2.05, 4.69) is 48.7 Å². The van der Waals surface area contributed by atoms with Gasteiger partial charge in [0.1, 0.15) is 0 Å². The van der Waals surface area contributed by atoms with Crippen LogP contribution in [0.15, 0.2) is 24.3 Å². The molecule has 1 aliphatic heterocycles. The number of benzene rings is 1. The summed E-state index contributed by atoms with van der Waals surface area (Å²) in [6.45, 7) is 7.47. The van der Waals surface area contributed by atoms with Gasteiger partial charge in [0.25, 0.3) is 0 Å². The molecule has 1 amide bonds. The number of carbonyl (C=O) groups excluding carboxylic acids is 1. The Hall–Kier alpha value is -1.06. The maximum atomic E-state index is 12.0. The fraction of sp³-hybridized carbons (Fsp3) is 0.588. The Bertz CT molecular complexity index is 439. The summed E-state index contributed by atoms with van der Waals surface area (Å²) in [5.41, 5.74) is 2.50. The molecule has 1 aliphatic rings. The molecule has 3 nitrogen and oxygen atoms in total. The van der Waals surface area contributed by atoms with Crippen LogP contribution in [-0.4, -0.2) is 18.5 Å². The third-order valence-corrected chi connectivity index (χ3v) is 4.07. The van der Waals surface area contributed by atoms with Crippen molar-refractivity contribution in [3.05, 3.63) is 35.4 Å². The van der Waals surface area contributed by atoms with Crippen molar-refractivity contribution in [1.29, 1.82) is 0 Å². The summed E-state index contributed by atoms with van der Waals surface area (Å²) in [4.78, 5) is 12.0. The topological polar surface area (TPSA) is 41.1 Å². The number of halogens is 1. The predicted molar refractivity (Wildman–Crippen MR) is 90.0 cm³/mol. The number of nitrogens with one attached hydrogen (secondary N) is 2. The summed E-state index contributed by atoms with van der Waals surface area (Å²) in [5, 5.41) is 6.45. The minimum absolute atomic E-state index is 0. The van der Waals surface area contributed by atoms with E-state index in [9.17, 15) is 4.79 Å². The molecule has 0 saturated carbocycles. The van der Waals surface area contributed by atoms with Gasteiger partial charge in [0.2, 0.25) is 5.91 Å². The van der Waals surface area contributed by atoms with Crippen LogP contribution in [0.4, 0.5) is 0 Å². The monoisotopic (exact) mass is 310 g/mol. The van der Waals surface area contributed by atoms with Crippen molar-refractivity contribution in [2.75, 3.05) is 6.54 Å². The average molecular weight is 311 g/mol. The summed E-state index contributed by atoms with van der Waals surface area (Å²) in [6, 6.07) is 8.99. The maximum Gasteiger partial charge on any atom is 0.222 e. The molecule has 1 aromatic rings. The third-order valence-electron chi connectivity index (χ3n) is 4.07. The Kier molecular flexibility index (Phi) is 7.20. The predicted octanol–water partition coefficient (Wildman–Crippen LogP) is 3.55. The molecule has 4 heteroatoms. The minimum atomic E-state index is 0. The van der Waals surface area contributed by atoms with E-state index in [0.29, 0.717) is 18.4 Å². The third kappa shape index (κ3) is 5.33. The molecule has 1 heterocycles. The van der Waals surface area contributed by atoms with Crippen LogP contribution in [0.5, 0.6) is 0 Å². The zero-order chi connectivity index (χ0) is 14.5. The van der Waals surface area contributed by atoms with Crippen molar-refractivity contribution in [1.82, 2.24) is 10.6 Å². The number of hydrogen-bond donors (Lipinski definition) is 2. The quantitative estimate of drug-likeness (QED) is 0.873. The molecule has 1 aromatic carbocycles. The fourth-order valence-corrected chi connectivity index (χ4v) is 2.71. The van der Waals surface area contributed by atoms with Gasteiger partial charge < -0.3 is 10.6 Å². The molecule has 0 spiro atoms. The highest BCUT2D eigenvalue weighted by atomic mass is 35.5. The van der Waals surface area contributed by atoms with E-state index >= 15 is 0 Å². The summed E-state index contributed by atoms with van der Waals surface area (Å²) < 4.78 is 0. The van der Waals surface area contributed by atoms with Crippen LogP contribution in [0.3, 0.4) is 0 Å². The second-order valence-electron chi connectivity index (χ2n) is 6.11. The lowest BCUT2D eigenvalue weighted by atomic mass is 9.99. The standard InChI is InChI=1S/C17H26N2O.ClH/c1-12(2)14-6-8-15(9-7-14)13(3)19-17(20)11-16-5-4-10-18-16;/h6-9,12-13,16,18H,4-5,10-11H2,1-3H3,(H,19,20);1H. The van der Waals surface area contributed by atoms with Crippen LogP contribution in [0.25, 0.3) is 0 Å². The maximum absolute atomic E-state index is 12.0. The first kappa shape index (κ1) is 18.0. The van der Waals surface area contributed by atoms with Crippen molar-refractivity contribution >= 4 is 18.3 Å². The molecule has 2 atom stereocenters. The van der Waals surface area contributed by atoms with E-state index < -0.39 is 0 Å². The zero-order valence-corrected chi connectivity index (χ0v) is 14.0. The smallest absolute Gasteiger partial charge is 0.222 e. The molecular formula is C17H27ClN2O.